The van der Waals surface area contributed by atoms with Gasteiger partial charge >= 0.3 is 0 Å². The maximum absolute atomic E-state index is 13.6. The molecule has 4 rings (SSSR count). The Bertz CT molecular complexity index is 1240. The van der Waals surface area contributed by atoms with Crippen LogP contribution in [0.4, 0.5) is 14.5 Å². The summed E-state index contributed by atoms with van der Waals surface area (Å²) < 4.78 is 32.2. The van der Waals surface area contributed by atoms with E-state index in [0.29, 0.717) is 29.6 Å². The third kappa shape index (κ3) is 4.97. The van der Waals surface area contributed by atoms with Crippen LogP contribution in [0.25, 0.3) is 22.6 Å². The summed E-state index contributed by atoms with van der Waals surface area (Å²) in [5.41, 5.74) is 2.64. The van der Waals surface area contributed by atoms with Crippen molar-refractivity contribution in [2.45, 2.75) is 12.8 Å². The number of halogens is 2. The number of nitrogens with zero attached hydrogens (tertiary/aromatic N) is 1. The number of nitrogens with one attached hydrogen (secondary N) is 2. The Morgan fingerprint density at radius 2 is 1.75 bits per heavy atom. The molecule has 0 radical (unpaired) electrons. The van der Waals surface area contributed by atoms with Crippen LogP contribution in [-0.2, 0) is 4.79 Å². The van der Waals surface area contributed by atoms with Crippen LogP contribution in [0.3, 0.4) is 0 Å². The van der Waals surface area contributed by atoms with Crippen LogP contribution < -0.4 is 10.6 Å². The Hall–Kier alpha value is -4.07. The van der Waals surface area contributed by atoms with Gasteiger partial charge in [-0.3, -0.25) is 9.59 Å². The van der Waals surface area contributed by atoms with E-state index in [0.717, 1.165) is 23.2 Å². The van der Waals surface area contributed by atoms with Crippen LogP contribution in [0.15, 0.2) is 71.1 Å². The molecule has 1 aromatic heterocycles. The van der Waals surface area contributed by atoms with E-state index in [4.69, 9.17) is 4.42 Å². The number of fused-ring (bicyclic) bond motifs is 1. The molecule has 162 valence electrons. The lowest BCUT2D eigenvalue weighted by molar-refractivity contribution is -0.116. The van der Waals surface area contributed by atoms with E-state index >= 15 is 0 Å². The van der Waals surface area contributed by atoms with E-state index in [1.54, 1.807) is 24.3 Å². The summed E-state index contributed by atoms with van der Waals surface area (Å²) in [6.45, 7) is 0.180. The van der Waals surface area contributed by atoms with Gasteiger partial charge in [0.2, 0.25) is 11.8 Å². The fourth-order valence-electron chi connectivity index (χ4n) is 3.14. The Balaban J connectivity index is 1.25. The molecule has 4 aromatic rings. The zero-order valence-electron chi connectivity index (χ0n) is 16.9. The molecule has 6 nitrogen and oxygen atoms in total. The van der Waals surface area contributed by atoms with Crippen molar-refractivity contribution in [2.75, 3.05) is 11.9 Å². The molecular weight excluding hydrogens is 416 g/mol. The average Bonchev–Trinajstić information content (AvgIpc) is 3.21. The maximum Gasteiger partial charge on any atom is 0.254 e. The predicted molar refractivity (Wildman–Crippen MR) is 116 cm³/mol. The fraction of sp³-hybridized carbons (Fsp3) is 0.125. The molecule has 0 saturated heterocycles. The summed E-state index contributed by atoms with van der Waals surface area (Å²) in [6, 6.07) is 17.3. The van der Waals surface area contributed by atoms with Crippen molar-refractivity contribution < 1.29 is 22.8 Å². The molecule has 0 fully saturated rings. The number of anilines is 1. The van der Waals surface area contributed by atoms with Crippen LogP contribution >= 0.6 is 0 Å². The monoisotopic (exact) mass is 435 g/mol. The predicted octanol–water partition coefficient (Wildman–Crippen LogP) is 4.92. The number of benzene rings is 3. The van der Waals surface area contributed by atoms with Gasteiger partial charge in [0.15, 0.2) is 5.58 Å². The number of carbonyl (C=O) groups is 2. The first-order valence-corrected chi connectivity index (χ1v) is 9.99. The van der Waals surface area contributed by atoms with Gasteiger partial charge in [-0.25, -0.2) is 13.8 Å². The third-order valence-electron chi connectivity index (χ3n) is 4.75. The van der Waals surface area contributed by atoms with Crippen LogP contribution in [0.5, 0.6) is 0 Å². The molecule has 32 heavy (non-hydrogen) atoms. The number of oxazole rings is 1. The van der Waals surface area contributed by atoms with Crippen molar-refractivity contribution in [1.82, 2.24) is 10.3 Å². The Kier molecular flexibility index (Phi) is 6.21. The molecule has 0 saturated carbocycles. The number of rotatable bonds is 7. The fourth-order valence-corrected chi connectivity index (χ4v) is 3.14. The summed E-state index contributed by atoms with van der Waals surface area (Å²) in [6.07, 6.45) is 0.528. The molecule has 0 aliphatic carbocycles. The van der Waals surface area contributed by atoms with Crippen molar-refractivity contribution in [3.05, 3.63) is 83.9 Å². The molecule has 1 heterocycles. The molecule has 0 aliphatic rings. The van der Waals surface area contributed by atoms with Crippen LogP contribution in [0.1, 0.15) is 23.2 Å². The number of aromatic nitrogens is 1. The first kappa shape index (κ1) is 21.2. The highest BCUT2D eigenvalue weighted by molar-refractivity contribution is 5.94. The lowest BCUT2D eigenvalue weighted by Gasteiger charge is -2.07. The molecule has 0 unspecified atom stereocenters. The van der Waals surface area contributed by atoms with Gasteiger partial charge in [-0.1, -0.05) is 12.1 Å². The number of hydrogen-bond donors (Lipinski definition) is 2. The first-order chi connectivity index (χ1) is 15.5. The quantitative estimate of drug-likeness (QED) is 0.404. The Morgan fingerprint density at radius 1 is 0.969 bits per heavy atom. The minimum absolute atomic E-state index is 0.166. The third-order valence-corrected chi connectivity index (χ3v) is 4.75. The molecule has 0 atom stereocenters. The van der Waals surface area contributed by atoms with Crippen molar-refractivity contribution in [3.63, 3.8) is 0 Å². The zero-order valence-corrected chi connectivity index (χ0v) is 16.9. The van der Waals surface area contributed by atoms with Gasteiger partial charge in [0.1, 0.15) is 17.2 Å². The topological polar surface area (TPSA) is 84.2 Å². The largest absolute Gasteiger partial charge is 0.436 e. The molecule has 2 N–H and O–H groups in total. The van der Waals surface area contributed by atoms with Crippen LogP contribution in [-0.4, -0.2) is 23.3 Å². The van der Waals surface area contributed by atoms with E-state index in [1.807, 2.05) is 24.3 Å². The second kappa shape index (κ2) is 9.38. The SMILES string of the molecule is O=C(CCCNC(=O)c1ccc(F)cc1F)Nc1ccc(-c2nc3ccccc3o2)cc1. The number of amides is 2. The molecule has 0 spiro atoms. The zero-order chi connectivity index (χ0) is 22.5. The number of para-hydroxylation sites is 2. The lowest BCUT2D eigenvalue weighted by atomic mass is 10.2. The molecule has 2 amide bonds. The average molecular weight is 435 g/mol. The van der Waals surface area contributed by atoms with Crippen molar-refractivity contribution in [1.29, 1.82) is 0 Å². The maximum atomic E-state index is 13.6. The van der Waals surface area contributed by atoms with Gasteiger partial charge in [0.05, 0.1) is 5.56 Å². The van der Waals surface area contributed by atoms with E-state index in [1.165, 1.54) is 0 Å². The van der Waals surface area contributed by atoms with E-state index in [-0.39, 0.29) is 24.4 Å². The molecule has 3 aromatic carbocycles. The van der Waals surface area contributed by atoms with Crippen molar-refractivity contribution >= 4 is 28.6 Å². The van der Waals surface area contributed by atoms with Gasteiger partial charge in [-0.2, -0.15) is 0 Å². The second-order valence-electron chi connectivity index (χ2n) is 7.10. The van der Waals surface area contributed by atoms with Gasteiger partial charge in [-0.05, 0) is 55.0 Å². The molecule has 0 bridgehead atoms. The highest BCUT2D eigenvalue weighted by Crippen LogP contribution is 2.25. The normalized spacial score (nSPS) is 10.8. The highest BCUT2D eigenvalue weighted by atomic mass is 19.1. The number of hydrogen-bond acceptors (Lipinski definition) is 4. The molecule has 0 aliphatic heterocycles. The highest BCUT2D eigenvalue weighted by Gasteiger charge is 2.12. The summed E-state index contributed by atoms with van der Waals surface area (Å²) in [7, 11) is 0. The summed E-state index contributed by atoms with van der Waals surface area (Å²) in [4.78, 5) is 28.5. The van der Waals surface area contributed by atoms with Gasteiger partial charge in [-0.15, -0.1) is 0 Å². The first-order valence-electron chi connectivity index (χ1n) is 9.99. The summed E-state index contributed by atoms with van der Waals surface area (Å²) >= 11 is 0. The standard InChI is InChI=1S/C24H19F2N3O3/c25-16-9-12-18(19(26)14-16)23(31)27-13-3-6-22(30)28-17-10-7-15(8-11-17)24-29-20-4-1-2-5-21(20)32-24/h1-2,4-5,7-12,14H,3,6,13H2,(H,27,31)(H,28,30). The molecular formula is C24H19F2N3O3. The summed E-state index contributed by atoms with van der Waals surface area (Å²) in [5.74, 6) is -2.06. The lowest BCUT2D eigenvalue weighted by Crippen LogP contribution is -2.26. The van der Waals surface area contributed by atoms with Crippen molar-refractivity contribution in [3.8, 4) is 11.5 Å². The van der Waals surface area contributed by atoms with Crippen molar-refractivity contribution in [2.24, 2.45) is 0 Å². The smallest absolute Gasteiger partial charge is 0.254 e. The van der Waals surface area contributed by atoms with Crippen LogP contribution in [0.2, 0.25) is 0 Å². The van der Waals surface area contributed by atoms with E-state index < -0.39 is 17.5 Å². The minimum atomic E-state index is -0.929. The molecule has 8 heteroatoms. The van der Waals surface area contributed by atoms with Gasteiger partial charge in [0, 0.05) is 30.3 Å². The van der Waals surface area contributed by atoms with Gasteiger partial charge < -0.3 is 15.1 Å². The van der Waals surface area contributed by atoms with E-state index in [2.05, 4.69) is 15.6 Å². The second-order valence-corrected chi connectivity index (χ2v) is 7.10. The van der Waals surface area contributed by atoms with Gasteiger partial charge in [0.25, 0.3) is 5.91 Å². The Labute approximate surface area is 182 Å². The summed E-state index contributed by atoms with van der Waals surface area (Å²) in [5, 5.41) is 5.29. The van der Waals surface area contributed by atoms with E-state index in [9.17, 15) is 18.4 Å². The number of carbonyl (C=O) groups excluding carboxylic acids is 2. The van der Waals surface area contributed by atoms with Crippen LogP contribution in [0, 0.1) is 11.6 Å². The Morgan fingerprint density at radius 3 is 2.50 bits per heavy atom. The minimum Gasteiger partial charge on any atom is -0.436 e.